The van der Waals surface area contributed by atoms with Crippen LogP contribution >= 0.6 is 10.7 Å². The van der Waals surface area contributed by atoms with Crippen LogP contribution in [0.25, 0.3) is 0 Å². The van der Waals surface area contributed by atoms with Gasteiger partial charge in [-0.1, -0.05) is 0 Å². The van der Waals surface area contributed by atoms with E-state index in [-0.39, 0.29) is 10.6 Å². The summed E-state index contributed by atoms with van der Waals surface area (Å²) in [5.74, 6) is -0.531. The van der Waals surface area contributed by atoms with Gasteiger partial charge in [0, 0.05) is 10.7 Å². The molecule has 0 saturated carbocycles. The van der Waals surface area contributed by atoms with Crippen LogP contribution in [0.3, 0.4) is 0 Å². The molecule has 0 aliphatic carbocycles. The molecule has 1 aromatic carbocycles. The van der Waals surface area contributed by atoms with Crippen LogP contribution in [-0.4, -0.2) is 15.0 Å². The number of aryl methyl sites for hydroxylation is 1. The molecule has 3 nitrogen and oxygen atoms in total. The SMILES string of the molecule is O=S(=O)(Cl)c1cc(F)c2c(c1)CCCO2. The maximum atomic E-state index is 13.4. The second-order valence-corrected chi connectivity index (χ2v) is 5.85. The van der Waals surface area contributed by atoms with Gasteiger partial charge in [-0.3, -0.25) is 0 Å². The average molecular weight is 251 g/mol. The van der Waals surface area contributed by atoms with Gasteiger partial charge in [0.25, 0.3) is 9.05 Å². The van der Waals surface area contributed by atoms with Crippen molar-refractivity contribution >= 4 is 19.7 Å². The van der Waals surface area contributed by atoms with Gasteiger partial charge in [-0.2, -0.15) is 0 Å². The van der Waals surface area contributed by atoms with Gasteiger partial charge >= 0.3 is 0 Å². The van der Waals surface area contributed by atoms with Gasteiger partial charge in [0.2, 0.25) is 0 Å². The Morgan fingerprint density at radius 2 is 2.13 bits per heavy atom. The van der Waals surface area contributed by atoms with Gasteiger partial charge in [0.1, 0.15) is 0 Å². The van der Waals surface area contributed by atoms with E-state index in [1.54, 1.807) is 0 Å². The highest BCUT2D eigenvalue weighted by molar-refractivity contribution is 8.13. The van der Waals surface area contributed by atoms with E-state index in [4.69, 9.17) is 15.4 Å². The average Bonchev–Trinajstić information content (AvgIpc) is 2.16. The second kappa shape index (κ2) is 3.64. The monoisotopic (exact) mass is 250 g/mol. The van der Waals surface area contributed by atoms with Crippen molar-refractivity contribution in [1.82, 2.24) is 0 Å². The third-order valence-corrected chi connectivity index (χ3v) is 3.55. The molecule has 0 N–H and O–H groups in total. The number of fused-ring (bicyclic) bond motifs is 1. The molecule has 0 saturated heterocycles. The van der Waals surface area contributed by atoms with E-state index in [2.05, 4.69) is 0 Å². The van der Waals surface area contributed by atoms with E-state index >= 15 is 0 Å². The van der Waals surface area contributed by atoms with Crippen LogP contribution in [-0.2, 0) is 15.5 Å². The molecule has 6 heteroatoms. The molecular formula is C9H8ClFO3S. The van der Waals surface area contributed by atoms with Gasteiger partial charge in [-0.05, 0) is 30.5 Å². The molecule has 0 fully saturated rings. The van der Waals surface area contributed by atoms with E-state index in [9.17, 15) is 12.8 Å². The molecule has 2 rings (SSSR count). The molecule has 0 spiro atoms. The lowest BCUT2D eigenvalue weighted by Gasteiger charge is -2.18. The van der Waals surface area contributed by atoms with Crippen molar-refractivity contribution in [3.05, 3.63) is 23.5 Å². The van der Waals surface area contributed by atoms with Gasteiger partial charge < -0.3 is 4.74 Å². The topological polar surface area (TPSA) is 43.4 Å². The Balaban J connectivity index is 2.60. The normalized spacial score (nSPS) is 15.6. The van der Waals surface area contributed by atoms with Crippen molar-refractivity contribution < 1.29 is 17.5 Å². The van der Waals surface area contributed by atoms with Gasteiger partial charge in [-0.25, -0.2) is 12.8 Å². The standard InChI is InChI=1S/C9H8ClFO3S/c10-15(12,13)7-4-6-2-1-3-14-9(6)8(11)5-7/h4-5H,1-3H2. The lowest BCUT2D eigenvalue weighted by Crippen LogP contribution is -2.11. The first-order valence-electron chi connectivity index (χ1n) is 4.38. The molecule has 1 aromatic rings. The fourth-order valence-electron chi connectivity index (χ4n) is 1.55. The third-order valence-electron chi connectivity index (χ3n) is 2.21. The molecule has 0 unspecified atom stereocenters. The maximum absolute atomic E-state index is 13.4. The summed E-state index contributed by atoms with van der Waals surface area (Å²) in [7, 11) is 1.26. The summed E-state index contributed by atoms with van der Waals surface area (Å²) in [6.45, 7) is 0.455. The van der Waals surface area contributed by atoms with Crippen LogP contribution in [0.1, 0.15) is 12.0 Å². The lowest BCUT2D eigenvalue weighted by atomic mass is 10.1. The van der Waals surface area contributed by atoms with Gasteiger partial charge in [0.05, 0.1) is 11.5 Å². The summed E-state index contributed by atoms with van der Waals surface area (Å²) >= 11 is 0. The van der Waals surface area contributed by atoms with E-state index in [1.807, 2.05) is 0 Å². The van der Waals surface area contributed by atoms with E-state index in [0.717, 1.165) is 12.5 Å². The van der Waals surface area contributed by atoms with Crippen LogP contribution in [0.5, 0.6) is 5.75 Å². The van der Waals surface area contributed by atoms with Gasteiger partial charge in [-0.15, -0.1) is 0 Å². The molecular weight excluding hydrogens is 243 g/mol. The number of hydrogen-bond donors (Lipinski definition) is 0. The highest BCUT2D eigenvalue weighted by atomic mass is 35.7. The molecule has 0 radical (unpaired) electrons. The summed E-state index contributed by atoms with van der Waals surface area (Å²) in [5, 5.41) is 0. The highest BCUT2D eigenvalue weighted by Crippen LogP contribution is 2.31. The Hall–Kier alpha value is -0.810. The predicted octanol–water partition coefficient (Wildman–Crippen LogP) is 2.08. The third kappa shape index (κ3) is 2.08. The Kier molecular flexibility index (Phi) is 2.60. The molecule has 0 aromatic heterocycles. The summed E-state index contributed by atoms with van der Waals surface area (Å²) < 4.78 is 40.6. The van der Waals surface area contributed by atoms with Crippen molar-refractivity contribution in [3.8, 4) is 5.75 Å². The minimum absolute atomic E-state index is 0.144. The highest BCUT2D eigenvalue weighted by Gasteiger charge is 2.20. The Morgan fingerprint density at radius 3 is 2.80 bits per heavy atom. The number of benzene rings is 1. The second-order valence-electron chi connectivity index (χ2n) is 3.28. The van der Waals surface area contributed by atoms with E-state index in [0.29, 0.717) is 18.6 Å². The van der Waals surface area contributed by atoms with Crippen molar-refractivity contribution in [2.75, 3.05) is 6.61 Å². The zero-order chi connectivity index (χ0) is 11.1. The first-order chi connectivity index (χ1) is 6.98. The van der Waals surface area contributed by atoms with Crippen molar-refractivity contribution in [2.45, 2.75) is 17.7 Å². The fraction of sp³-hybridized carbons (Fsp3) is 0.333. The zero-order valence-corrected chi connectivity index (χ0v) is 9.24. The van der Waals surface area contributed by atoms with Crippen LogP contribution < -0.4 is 4.74 Å². The van der Waals surface area contributed by atoms with Crippen LogP contribution in [0.15, 0.2) is 17.0 Å². The Bertz CT molecular complexity index is 498. The molecule has 0 bridgehead atoms. The summed E-state index contributed by atoms with van der Waals surface area (Å²) in [4.78, 5) is -0.217. The quantitative estimate of drug-likeness (QED) is 0.717. The smallest absolute Gasteiger partial charge is 0.261 e. The van der Waals surface area contributed by atoms with Crippen LogP contribution in [0.2, 0.25) is 0 Å². The number of hydrogen-bond acceptors (Lipinski definition) is 3. The Morgan fingerprint density at radius 1 is 1.40 bits per heavy atom. The summed E-state index contributed by atoms with van der Waals surface area (Å²) in [6.07, 6.45) is 1.35. The molecule has 1 aliphatic heterocycles. The number of halogens is 2. The predicted molar refractivity (Wildman–Crippen MR) is 53.3 cm³/mol. The lowest BCUT2D eigenvalue weighted by molar-refractivity contribution is 0.272. The molecule has 82 valence electrons. The molecule has 0 amide bonds. The molecule has 0 atom stereocenters. The van der Waals surface area contributed by atoms with Gasteiger partial charge in [0.15, 0.2) is 11.6 Å². The van der Waals surface area contributed by atoms with Crippen molar-refractivity contribution in [2.24, 2.45) is 0 Å². The fourth-order valence-corrected chi connectivity index (χ4v) is 2.34. The van der Waals surface area contributed by atoms with Crippen molar-refractivity contribution in [1.29, 1.82) is 0 Å². The minimum atomic E-state index is -3.88. The molecule has 1 heterocycles. The summed E-state index contributed by atoms with van der Waals surface area (Å²) in [5.41, 5.74) is 0.556. The largest absolute Gasteiger partial charge is 0.490 e. The number of rotatable bonds is 1. The van der Waals surface area contributed by atoms with Crippen molar-refractivity contribution in [3.63, 3.8) is 0 Å². The van der Waals surface area contributed by atoms with Crippen LogP contribution in [0, 0.1) is 5.82 Å². The first kappa shape index (κ1) is 10.7. The van der Waals surface area contributed by atoms with E-state index < -0.39 is 14.9 Å². The van der Waals surface area contributed by atoms with E-state index in [1.165, 1.54) is 6.07 Å². The zero-order valence-electron chi connectivity index (χ0n) is 7.66. The molecule has 1 aliphatic rings. The molecule has 15 heavy (non-hydrogen) atoms. The van der Waals surface area contributed by atoms with Crippen LogP contribution in [0.4, 0.5) is 4.39 Å². The maximum Gasteiger partial charge on any atom is 0.261 e. The Labute approximate surface area is 91.2 Å². The minimum Gasteiger partial charge on any atom is -0.490 e. The summed E-state index contributed by atoms with van der Waals surface area (Å²) in [6, 6.07) is 2.24. The first-order valence-corrected chi connectivity index (χ1v) is 6.69. The number of ether oxygens (including phenoxy) is 1.